The molecule has 0 atom stereocenters. The van der Waals surface area contributed by atoms with Gasteiger partial charge in [-0.3, -0.25) is 0 Å². The highest BCUT2D eigenvalue weighted by Crippen LogP contribution is 2.30. The molecule has 1 heterocycles. The van der Waals surface area contributed by atoms with Gasteiger partial charge in [-0.2, -0.15) is 0 Å². The number of ether oxygens (including phenoxy) is 1. The molecule has 0 aliphatic heterocycles. The Balaban J connectivity index is 1.49. The van der Waals surface area contributed by atoms with Crippen LogP contribution in [0.1, 0.15) is 69.5 Å². The van der Waals surface area contributed by atoms with Gasteiger partial charge in [0.15, 0.2) is 0 Å². The third kappa shape index (κ3) is 4.00. The minimum absolute atomic E-state index is 0.506. The molecule has 0 spiro atoms. The molecule has 0 aromatic carbocycles. The number of hydrogen-bond donors (Lipinski definition) is 1. The van der Waals surface area contributed by atoms with Crippen molar-refractivity contribution in [3.05, 3.63) is 11.9 Å². The van der Waals surface area contributed by atoms with Gasteiger partial charge in [-0.15, -0.1) is 0 Å². The van der Waals surface area contributed by atoms with Gasteiger partial charge in [0.25, 0.3) is 0 Å². The third-order valence-corrected chi connectivity index (χ3v) is 4.86. The van der Waals surface area contributed by atoms with Crippen LogP contribution in [0.25, 0.3) is 0 Å². The summed E-state index contributed by atoms with van der Waals surface area (Å²) in [5.74, 6) is 1.04. The largest absolute Gasteiger partial charge is 0.376 e. The minimum Gasteiger partial charge on any atom is -0.376 e. The molecule has 1 aromatic heterocycles. The van der Waals surface area contributed by atoms with Crippen LogP contribution in [-0.2, 0) is 4.74 Å². The molecule has 0 bridgehead atoms. The van der Waals surface area contributed by atoms with Crippen LogP contribution in [0.2, 0.25) is 0 Å². The van der Waals surface area contributed by atoms with Gasteiger partial charge in [0.1, 0.15) is 0 Å². The maximum atomic E-state index is 5.92. The first-order valence-electron chi connectivity index (χ1n) is 8.74. The van der Waals surface area contributed by atoms with E-state index in [-0.39, 0.29) is 0 Å². The Morgan fingerprint density at radius 1 is 1.14 bits per heavy atom. The molecule has 2 aliphatic carbocycles. The molecule has 2 fully saturated rings. The van der Waals surface area contributed by atoms with E-state index >= 15 is 0 Å². The van der Waals surface area contributed by atoms with Crippen molar-refractivity contribution in [2.24, 2.45) is 0 Å². The summed E-state index contributed by atoms with van der Waals surface area (Å²) >= 11 is 0. The SMILES string of the molecule is Cc1cn(C2CCCCC2)c(NCCOC2CCCC2)n1. The summed E-state index contributed by atoms with van der Waals surface area (Å²) in [6.07, 6.45) is 14.6. The molecular weight excluding hydrogens is 262 g/mol. The molecule has 0 saturated heterocycles. The number of nitrogens with zero attached hydrogens (tertiary/aromatic N) is 2. The zero-order valence-electron chi connectivity index (χ0n) is 13.3. The van der Waals surface area contributed by atoms with Crippen LogP contribution in [0.5, 0.6) is 0 Å². The molecular formula is C17H29N3O. The predicted molar refractivity (Wildman–Crippen MR) is 85.8 cm³/mol. The second kappa shape index (κ2) is 7.30. The highest BCUT2D eigenvalue weighted by atomic mass is 16.5. The molecule has 2 saturated carbocycles. The fourth-order valence-corrected chi connectivity index (χ4v) is 3.73. The number of rotatable bonds is 6. The van der Waals surface area contributed by atoms with E-state index in [2.05, 4.69) is 28.0 Å². The van der Waals surface area contributed by atoms with Crippen LogP contribution in [0.3, 0.4) is 0 Å². The Morgan fingerprint density at radius 3 is 2.62 bits per heavy atom. The van der Waals surface area contributed by atoms with E-state index < -0.39 is 0 Å². The summed E-state index contributed by atoms with van der Waals surface area (Å²) < 4.78 is 8.28. The molecule has 1 aromatic rings. The Kier molecular flexibility index (Phi) is 5.17. The molecule has 4 nitrogen and oxygen atoms in total. The summed E-state index contributed by atoms with van der Waals surface area (Å²) in [4.78, 5) is 4.65. The molecule has 0 radical (unpaired) electrons. The van der Waals surface area contributed by atoms with Gasteiger partial charge in [0, 0.05) is 18.8 Å². The Morgan fingerprint density at radius 2 is 1.86 bits per heavy atom. The quantitative estimate of drug-likeness (QED) is 0.803. The summed E-state index contributed by atoms with van der Waals surface area (Å²) in [6, 6.07) is 0.637. The summed E-state index contributed by atoms with van der Waals surface area (Å²) in [7, 11) is 0. The van der Waals surface area contributed by atoms with Crippen LogP contribution in [0.4, 0.5) is 5.95 Å². The maximum absolute atomic E-state index is 5.92. The van der Waals surface area contributed by atoms with E-state index in [1.165, 1.54) is 57.8 Å². The Labute approximate surface area is 128 Å². The second-order valence-electron chi connectivity index (χ2n) is 6.61. The number of nitrogens with one attached hydrogen (secondary N) is 1. The van der Waals surface area contributed by atoms with Crippen molar-refractivity contribution in [2.45, 2.75) is 76.9 Å². The highest BCUT2D eigenvalue weighted by molar-refractivity contribution is 5.29. The van der Waals surface area contributed by atoms with Crippen molar-refractivity contribution in [3.63, 3.8) is 0 Å². The zero-order chi connectivity index (χ0) is 14.5. The zero-order valence-corrected chi connectivity index (χ0v) is 13.3. The monoisotopic (exact) mass is 291 g/mol. The number of anilines is 1. The molecule has 4 heteroatoms. The number of imidazole rings is 1. The lowest BCUT2D eigenvalue weighted by Gasteiger charge is -2.24. The average Bonchev–Trinajstić information content (AvgIpc) is 3.14. The van der Waals surface area contributed by atoms with E-state index in [1.54, 1.807) is 0 Å². The van der Waals surface area contributed by atoms with Gasteiger partial charge in [-0.1, -0.05) is 32.1 Å². The van der Waals surface area contributed by atoms with Crippen LogP contribution in [0.15, 0.2) is 6.20 Å². The lowest BCUT2D eigenvalue weighted by Crippen LogP contribution is -2.19. The lowest BCUT2D eigenvalue weighted by molar-refractivity contribution is 0.0658. The smallest absolute Gasteiger partial charge is 0.203 e. The van der Waals surface area contributed by atoms with Crippen LogP contribution < -0.4 is 5.32 Å². The fraction of sp³-hybridized carbons (Fsp3) is 0.824. The standard InChI is InChI=1S/C17H29N3O/c1-14-13-20(15-7-3-2-4-8-15)17(19-14)18-11-12-21-16-9-5-6-10-16/h13,15-16H,2-12H2,1H3,(H,18,19). The Bertz CT molecular complexity index is 431. The Hall–Kier alpha value is -1.03. The van der Waals surface area contributed by atoms with Crippen LogP contribution >= 0.6 is 0 Å². The van der Waals surface area contributed by atoms with Crippen molar-refractivity contribution >= 4 is 5.95 Å². The van der Waals surface area contributed by atoms with E-state index in [0.29, 0.717) is 12.1 Å². The van der Waals surface area contributed by atoms with Crippen LogP contribution in [0, 0.1) is 6.92 Å². The molecule has 118 valence electrons. The molecule has 0 unspecified atom stereocenters. The maximum Gasteiger partial charge on any atom is 0.203 e. The normalized spacial score (nSPS) is 21.0. The summed E-state index contributed by atoms with van der Waals surface area (Å²) in [5.41, 5.74) is 1.11. The first-order valence-corrected chi connectivity index (χ1v) is 8.74. The fourth-order valence-electron chi connectivity index (χ4n) is 3.73. The third-order valence-electron chi connectivity index (χ3n) is 4.86. The molecule has 0 amide bonds. The molecule has 21 heavy (non-hydrogen) atoms. The summed E-state index contributed by atoms with van der Waals surface area (Å²) in [6.45, 7) is 3.74. The van der Waals surface area contributed by atoms with Crippen molar-refractivity contribution in [3.8, 4) is 0 Å². The number of aromatic nitrogens is 2. The van der Waals surface area contributed by atoms with Gasteiger partial charge in [-0.25, -0.2) is 4.98 Å². The van der Waals surface area contributed by atoms with Gasteiger partial charge < -0.3 is 14.6 Å². The molecule has 3 rings (SSSR count). The minimum atomic E-state index is 0.506. The number of hydrogen-bond acceptors (Lipinski definition) is 3. The van der Waals surface area contributed by atoms with Crippen molar-refractivity contribution < 1.29 is 4.74 Å². The van der Waals surface area contributed by atoms with E-state index in [0.717, 1.165) is 24.8 Å². The second-order valence-corrected chi connectivity index (χ2v) is 6.61. The first kappa shape index (κ1) is 14.9. The number of aryl methyl sites for hydroxylation is 1. The lowest BCUT2D eigenvalue weighted by atomic mass is 9.95. The van der Waals surface area contributed by atoms with Crippen molar-refractivity contribution in [1.82, 2.24) is 9.55 Å². The van der Waals surface area contributed by atoms with Crippen molar-refractivity contribution in [2.75, 3.05) is 18.5 Å². The van der Waals surface area contributed by atoms with E-state index in [1.807, 2.05) is 0 Å². The van der Waals surface area contributed by atoms with E-state index in [9.17, 15) is 0 Å². The van der Waals surface area contributed by atoms with Crippen molar-refractivity contribution in [1.29, 1.82) is 0 Å². The highest BCUT2D eigenvalue weighted by Gasteiger charge is 2.19. The van der Waals surface area contributed by atoms with E-state index in [4.69, 9.17) is 4.74 Å². The molecule has 2 aliphatic rings. The first-order chi connectivity index (χ1) is 10.3. The summed E-state index contributed by atoms with van der Waals surface area (Å²) in [5, 5.41) is 3.48. The van der Waals surface area contributed by atoms with Crippen LogP contribution in [-0.4, -0.2) is 28.8 Å². The average molecular weight is 291 g/mol. The van der Waals surface area contributed by atoms with Gasteiger partial charge >= 0.3 is 0 Å². The van der Waals surface area contributed by atoms with Gasteiger partial charge in [0.05, 0.1) is 18.4 Å². The molecule has 1 N–H and O–H groups in total. The topological polar surface area (TPSA) is 39.1 Å². The van der Waals surface area contributed by atoms with Gasteiger partial charge in [0.2, 0.25) is 5.95 Å². The van der Waals surface area contributed by atoms with Gasteiger partial charge in [-0.05, 0) is 32.6 Å². The predicted octanol–water partition coefficient (Wildman–Crippen LogP) is 4.07.